The highest BCUT2D eigenvalue weighted by molar-refractivity contribution is 8.01. The van der Waals surface area contributed by atoms with E-state index in [1.807, 2.05) is 56.3 Å². The van der Waals surface area contributed by atoms with Crippen molar-refractivity contribution >= 4 is 29.5 Å². The summed E-state index contributed by atoms with van der Waals surface area (Å²) < 4.78 is 11.3. The molecule has 0 atom stereocenters. The molecule has 0 spiro atoms. The molecule has 7 nitrogen and oxygen atoms in total. The Morgan fingerprint density at radius 2 is 2.09 bits per heavy atom. The van der Waals surface area contributed by atoms with Crippen LogP contribution in [0.3, 0.4) is 0 Å². The van der Waals surface area contributed by atoms with Crippen molar-refractivity contribution in [2.24, 2.45) is 0 Å². The highest BCUT2D eigenvalue weighted by Crippen LogP contribution is 2.44. The van der Waals surface area contributed by atoms with Crippen molar-refractivity contribution in [1.29, 1.82) is 0 Å². The Bertz CT molecular complexity index is 1130. The van der Waals surface area contributed by atoms with Gasteiger partial charge < -0.3 is 18.8 Å². The van der Waals surface area contributed by atoms with Crippen molar-refractivity contribution in [3.05, 3.63) is 59.6 Å². The molecular formula is C24H27N3O4S. The second-order valence-corrected chi connectivity index (χ2v) is 9.56. The van der Waals surface area contributed by atoms with Crippen LogP contribution in [0.25, 0.3) is 17.5 Å². The predicted molar refractivity (Wildman–Crippen MR) is 126 cm³/mol. The first-order valence-electron chi connectivity index (χ1n) is 10.6. The van der Waals surface area contributed by atoms with Crippen LogP contribution in [-0.2, 0) is 11.2 Å². The van der Waals surface area contributed by atoms with Gasteiger partial charge in [-0.3, -0.25) is 9.78 Å². The van der Waals surface area contributed by atoms with Gasteiger partial charge in [0, 0.05) is 32.2 Å². The molecule has 1 N–H and O–H groups in total. The maximum absolute atomic E-state index is 11.4. The third-order valence-electron chi connectivity index (χ3n) is 5.72. The van der Waals surface area contributed by atoms with Crippen LogP contribution >= 0.6 is 11.8 Å². The van der Waals surface area contributed by atoms with Gasteiger partial charge in [-0.15, -0.1) is 11.8 Å². The molecule has 1 aliphatic carbocycles. The quantitative estimate of drug-likeness (QED) is 0.481. The fourth-order valence-electron chi connectivity index (χ4n) is 3.68. The minimum absolute atomic E-state index is 0.525. The first kappa shape index (κ1) is 22.2. The molecule has 3 aromatic rings. The van der Waals surface area contributed by atoms with Gasteiger partial charge in [-0.1, -0.05) is 6.08 Å². The number of nitrogens with zero attached hydrogens (tertiary/aromatic N) is 3. The van der Waals surface area contributed by atoms with Crippen LogP contribution in [-0.4, -0.2) is 45.6 Å². The molecule has 168 valence electrons. The number of furan rings is 1. The molecule has 0 aliphatic heterocycles. The van der Waals surface area contributed by atoms with Gasteiger partial charge >= 0.3 is 5.97 Å². The van der Waals surface area contributed by atoms with Crippen molar-refractivity contribution in [3.8, 4) is 11.5 Å². The van der Waals surface area contributed by atoms with Crippen LogP contribution in [0.1, 0.15) is 42.2 Å². The monoisotopic (exact) mass is 453 g/mol. The maximum atomic E-state index is 11.4. The topological polar surface area (TPSA) is 92.6 Å². The number of aryl methyl sites for hydroxylation is 1. The molecule has 1 saturated carbocycles. The van der Waals surface area contributed by atoms with Crippen LogP contribution in [0, 0.1) is 6.92 Å². The lowest BCUT2D eigenvalue weighted by molar-refractivity contribution is -0.142. The Morgan fingerprint density at radius 3 is 2.78 bits per heavy atom. The summed E-state index contributed by atoms with van der Waals surface area (Å²) in [7, 11) is 3.94. The molecule has 4 rings (SSSR count). The number of anilines is 1. The van der Waals surface area contributed by atoms with Gasteiger partial charge in [0.2, 0.25) is 5.89 Å². The van der Waals surface area contributed by atoms with Gasteiger partial charge in [0.15, 0.2) is 0 Å². The Balaban J connectivity index is 1.40. The third-order valence-corrected chi connectivity index (χ3v) is 7.21. The summed E-state index contributed by atoms with van der Waals surface area (Å²) >= 11 is 1.49. The van der Waals surface area contributed by atoms with E-state index >= 15 is 0 Å². The zero-order valence-corrected chi connectivity index (χ0v) is 19.3. The van der Waals surface area contributed by atoms with Crippen molar-refractivity contribution in [1.82, 2.24) is 9.97 Å². The summed E-state index contributed by atoms with van der Waals surface area (Å²) in [5, 5.41) is 9.40. The van der Waals surface area contributed by atoms with Gasteiger partial charge in [-0.2, -0.15) is 0 Å². The molecule has 1 fully saturated rings. The standard InChI is InChI=1S/C24H27N3O4S/c1-16-20(26-22(30-16)19-15-25-12-9-21(19)27(2)3)14-18-8-7-17(31-18)6-4-13-32-24(23(28)29)10-5-11-24/h4,6-9,12,15H,5,10-11,13-14H2,1-3H3,(H,28,29). The number of rotatable bonds is 9. The van der Waals surface area contributed by atoms with Gasteiger partial charge in [-0.25, -0.2) is 4.98 Å². The Morgan fingerprint density at radius 1 is 1.28 bits per heavy atom. The highest BCUT2D eigenvalue weighted by Gasteiger charge is 2.44. The molecular weight excluding hydrogens is 426 g/mol. The van der Waals surface area contributed by atoms with E-state index in [0.29, 0.717) is 18.1 Å². The third kappa shape index (κ3) is 4.60. The molecule has 0 bridgehead atoms. The maximum Gasteiger partial charge on any atom is 0.319 e. The number of carbonyl (C=O) groups is 1. The van der Waals surface area contributed by atoms with E-state index in [2.05, 4.69) is 4.98 Å². The average Bonchev–Trinajstić information content (AvgIpc) is 3.33. The van der Waals surface area contributed by atoms with Crippen molar-refractivity contribution < 1.29 is 18.7 Å². The van der Waals surface area contributed by atoms with Crippen molar-refractivity contribution in [2.75, 3.05) is 24.7 Å². The fraction of sp³-hybridized carbons (Fsp3) is 0.375. The molecule has 0 radical (unpaired) electrons. The van der Waals surface area contributed by atoms with Crippen LogP contribution in [0.2, 0.25) is 0 Å². The summed E-state index contributed by atoms with van der Waals surface area (Å²) in [6.45, 7) is 1.90. The minimum Gasteiger partial charge on any atom is -0.480 e. The molecule has 0 saturated heterocycles. The van der Waals surface area contributed by atoms with E-state index in [9.17, 15) is 9.90 Å². The van der Waals surface area contributed by atoms with Crippen LogP contribution in [0.4, 0.5) is 5.69 Å². The second-order valence-electron chi connectivity index (χ2n) is 8.16. The lowest BCUT2D eigenvalue weighted by Crippen LogP contribution is -2.42. The lowest BCUT2D eigenvalue weighted by Gasteiger charge is -2.36. The summed E-state index contributed by atoms with van der Waals surface area (Å²) in [5.41, 5.74) is 2.66. The normalized spacial score (nSPS) is 15.1. The lowest BCUT2D eigenvalue weighted by atomic mass is 9.84. The first-order chi connectivity index (χ1) is 15.4. The predicted octanol–water partition coefficient (Wildman–Crippen LogP) is 5.05. The summed E-state index contributed by atoms with van der Waals surface area (Å²) in [5.74, 6) is 2.77. The molecule has 0 amide bonds. The van der Waals surface area contributed by atoms with E-state index in [0.717, 1.165) is 53.5 Å². The molecule has 32 heavy (non-hydrogen) atoms. The fourth-order valence-corrected chi connectivity index (χ4v) is 4.90. The van der Waals surface area contributed by atoms with Gasteiger partial charge in [0.05, 0.1) is 23.4 Å². The Kier molecular flexibility index (Phi) is 6.41. The molecule has 8 heteroatoms. The van der Waals surface area contributed by atoms with E-state index in [1.165, 1.54) is 11.8 Å². The van der Waals surface area contributed by atoms with E-state index < -0.39 is 10.7 Å². The largest absolute Gasteiger partial charge is 0.480 e. The number of pyridine rings is 1. The number of thioether (sulfide) groups is 1. The summed E-state index contributed by atoms with van der Waals surface area (Å²) in [4.78, 5) is 22.3. The van der Waals surface area contributed by atoms with Gasteiger partial charge in [0.1, 0.15) is 22.0 Å². The summed E-state index contributed by atoms with van der Waals surface area (Å²) in [6, 6.07) is 5.77. The molecule has 1 aliphatic rings. The van der Waals surface area contributed by atoms with Crippen molar-refractivity contribution in [2.45, 2.75) is 37.4 Å². The minimum atomic E-state index is -0.700. The number of aromatic nitrogens is 2. The Labute approximate surface area is 191 Å². The highest BCUT2D eigenvalue weighted by atomic mass is 32.2. The smallest absolute Gasteiger partial charge is 0.319 e. The molecule has 3 aromatic heterocycles. The Hall–Kier alpha value is -3.00. The number of hydrogen-bond donors (Lipinski definition) is 1. The molecule has 0 aromatic carbocycles. The van der Waals surface area contributed by atoms with E-state index in [1.54, 1.807) is 12.4 Å². The molecule has 3 heterocycles. The number of oxazole rings is 1. The van der Waals surface area contributed by atoms with Crippen LogP contribution in [0.15, 0.2) is 45.5 Å². The number of hydrogen-bond acceptors (Lipinski definition) is 7. The molecule has 0 unspecified atom stereocenters. The zero-order chi connectivity index (χ0) is 22.7. The zero-order valence-electron chi connectivity index (χ0n) is 18.5. The van der Waals surface area contributed by atoms with Gasteiger partial charge in [-0.05, 0) is 50.5 Å². The summed E-state index contributed by atoms with van der Waals surface area (Å²) in [6.07, 6.45) is 10.4. The number of carboxylic acids is 1. The first-order valence-corrected chi connectivity index (χ1v) is 11.6. The van der Waals surface area contributed by atoms with Crippen LogP contribution < -0.4 is 4.90 Å². The van der Waals surface area contributed by atoms with Gasteiger partial charge in [0.25, 0.3) is 0 Å². The van der Waals surface area contributed by atoms with E-state index in [4.69, 9.17) is 13.8 Å². The number of aliphatic carboxylic acids is 1. The SMILES string of the molecule is Cc1oc(-c2cnccc2N(C)C)nc1Cc1ccc(C=CCSC2(C(=O)O)CCC2)o1. The average molecular weight is 454 g/mol. The number of carboxylic acid groups (broad SMARTS) is 1. The van der Waals surface area contributed by atoms with Crippen LogP contribution in [0.5, 0.6) is 0 Å². The van der Waals surface area contributed by atoms with Crippen molar-refractivity contribution in [3.63, 3.8) is 0 Å². The second kappa shape index (κ2) is 9.24. The van der Waals surface area contributed by atoms with E-state index in [-0.39, 0.29) is 0 Å².